The number of nitrogens with one attached hydrogen (secondary N) is 1. The predicted octanol–water partition coefficient (Wildman–Crippen LogP) is 2.96. The van der Waals surface area contributed by atoms with E-state index in [9.17, 15) is 4.79 Å². The molecule has 0 aliphatic heterocycles. The Labute approximate surface area is 106 Å². The van der Waals surface area contributed by atoms with Crippen molar-refractivity contribution in [3.05, 3.63) is 32.7 Å². The van der Waals surface area contributed by atoms with Crippen LogP contribution in [-0.2, 0) is 0 Å². The maximum atomic E-state index is 11.7. The molecule has 2 nitrogen and oxygen atoms in total. The highest BCUT2D eigenvalue weighted by Crippen LogP contribution is 2.20. The van der Waals surface area contributed by atoms with E-state index >= 15 is 0 Å². The maximum absolute atomic E-state index is 11.7. The van der Waals surface area contributed by atoms with E-state index < -0.39 is 0 Å². The van der Waals surface area contributed by atoms with Gasteiger partial charge in [0.05, 0.1) is 6.04 Å². The molecule has 0 aliphatic carbocycles. The lowest BCUT2D eigenvalue weighted by Crippen LogP contribution is -2.31. The lowest BCUT2D eigenvalue weighted by Gasteiger charge is -2.08. The predicted molar refractivity (Wildman–Crippen MR) is 67.6 cm³/mol. The van der Waals surface area contributed by atoms with Crippen LogP contribution in [0, 0.1) is 12.3 Å². The second-order valence-electron chi connectivity index (χ2n) is 3.02. The summed E-state index contributed by atoms with van der Waals surface area (Å²) in [6.07, 6.45) is 5.17. The quantitative estimate of drug-likeness (QED) is 0.830. The Morgan fingerprint density at radius 1 is 1.40 bits per heavy atom. The summed E-state index contributed by atoms with van der Waals surface area (Å²) in [4.78, 5) is 11.7. The average molecular weight is 331 g/mol. The SMILES string of the molecule is C#CC(C)NC(=O)c1cc(Br)cc(Br)c1. The number of hydrogen-bond donors (Lipinski definition) is 1. The molecule has 0 aliphatic rings. The minimum absolute atomic E-state index is 0.178. The van der Waals surface area contributed by atoms with Crippen molar-refractivity contribution in [1.29, 1.82) is 0 Å². The fourth-order valence-corrected chi connectivity index (χ4v) is 2.30. The topological polar surface area (TPSA) is 29.1 Å². The Morgan fingerprint density at radius 3 is 2.40 bits per heavy atom. The molecular formula is C11H9Br2NO. The van der Waals surface area contributed by atoms with Crippen LogP contribution in [-0.4, -0.2) is 11.9 Å². The molecule has 0 radical (unpaired) electrons. The molecule has 1 atom stereocenters. The average Bonchev–Trinajstić information content (AvgIpc) is 2.16. The first-order chi connectivity index (χ1) is 7.02. The van der Waals surface area contributed by atoms with Gasteiger partial charge >= 0.3 is 0 Å². The van der Waals surface area contributed by atoms with Gasteiger partial charge in [0.2, 0.25) is 0 Å². The van der Waals surface area contributed by atoms with Gasteiger partial charge in [0.15, 0.2) is 0 Å². The number of rotatable bonds is 2. The largest absolute Gasteiger partial charge is 0.339 e. The lowest BCUT2D eigenvalue weighted by atomic mass is 10.2. The molecule has 0 heterocycles. The van der Waals surface area contributed by atoms with E-state index in [0.29, 0.717) is 5.56 Å². The number of hydrogen-bond acceptors (Lipinski definition) is 1. The van der Waals surface area contributed by atoms with Crippen LogP contribution in [0.5, 0.6) is 0 Å². The molecule has 0 saturated carbocycles. The molecule has 15 heavy (non-hydrogen) atoms. The van der Waals surface area contributed by atoms with Crippen LogP contribution in [0.4, 0.5) is 0 Å². The van der Waals surface area contributed by atoms with E-state index in [-0.39, 0.29) is 11.9 Å². The molecule has 1 N–H and O–H groups in total. The van der Waals surface area contributed by atoms with Crippen LogP contribution in [0.3, 0.4) is 0 Å². The van der Waals surface area contributed by atoms with Crippen molar-refractivity contribution in [2.24, 2.45) is 0 Å². The first-order valence-corrected chi connectivity index (χ1v) is 5.84. The summed E-state index contributed by atoms with van der Waals surface area (Å²) in [7, 11) is 0. The summed E-state index contributed by atoms with van der Waals surface area (Å²) in [6.45, 7) is 1.75. The smallest absolute Gasteiger partial charge is 0.252 e. The molecular weight excluding hydrogens is 322 g/mol. The molecule has 0 aromatic heterocycles. The summed E-state index contributed by atoms with van der Waals surface area (Å²) in [5, 5.41) is 2.68. The Hall–Kier alpha value is -0.790. The lowest BCUT2D eigenvalue weighted by molar-refractivity contribution is 0.0948. The van der Waals surface area contributed by atoms with Crippen molar-refractivity contribution < 1.29 is 4.79 Å². The Bertz CT molecular complexity index is 403. The van der Waals surface area contributed by atoms with Crippen LogP contribution in [0.15, 0.2) is 27.1 Å². The standard InChI is InChI=1S/C11H9Br2NO/c1-3-7(2)14-11(15)8-4-9(12)6-10(13)5-8/h1,4-7H,2H3,(H,14,15). The zero-order valence-corrected chi connectivity index (χ0v) is 11.2. The zero-order chi connectivity index (χ0) is 11.4. The summed E-state index contributed by atoms with van der Waals surface area (Å²) in [5.74, 6) is 2.26. The number of carbonyl (C=O) groups is 1. The molecule has 78 valence electrons. The highest BCUT2D eigenvalue weighted by molar-refractivity contribution is 9.11. The van der Waals surface area contributed by atoms with E-state index in [0.717, 1.165) is 8.95 Å². The van der Waals surface area contributed by atoms with E-state index in [4.69, 9.17) is 6.42 Å². The second kappa shape index (κ2) is 5.34. The van der Waals surface area contributed by atoms with Gasteiger partial charge in [-0.15, -0.1) is 6.42 Å². The molecule has 1 rings (SSSR count). The van der Waals surface area contributed by atoms with E-state index in [1.54, 1.807) is 19.1 Å². The third kappa shape index (κ3) is 3.69. The Balaban J connectivity index is 2.88. The highest BCUT2D eigenvalue weighted by atomic mass is 79.9. The third-order valence-electron chi connectivity index (χ3n) is 1.72. The summed E-state index contributed by atoms with van der Waals surface area (Å²) in [6, 6.07) is 5.07. The number of benzene rings is 1. The van der Waals surface area contributed by atoms with Gasteiger partial charge in [-0.1, -0.05) is 37.8 Å². The van der Waals surface area contributed by atoms with Gasteiger partial charge < -0.3 is 5.32 Å². The highest BCUT2D eigenvalue weighted by Gasteiger charge is 2.09. The molecule has 1 amide bonds. The van der Waals surface area contributed by atoms with Crippen LogP contribution in [0.25, 0.3) is 0 Å². The molecule has 1 aromatic rings. The van der Waals surface area contributed by atoms with Crippen molar-refractivity contribution >= 4 is 37.8 Å². The molecule has 0 bridgehead atoms. The number of carbonyl (C=O) groups excluding carboxylic acids is 1. The third-order valence-corrected chi connectivity index (χ3v) is 2.64. The van der Waals surface area contributed by atoms with Gasteiger partial charge in [-0.2, -0.15) is 0 Å². The Morgan fingerprint density at radius 2 is 1.93 bits per heavy atom. The first kappa shape index (κ1) is 12.3. The number of amides is 1. The van der Waals surface area contributed by atoms with E-state index in [1.165, 1.54) is 0 Å². The number of terminal acetylenes is 1. The van der Waals surface area contributed by atoms with Crippen molar-refractivity contribution in [2.45, 2.75) is 13.0 Å². The normalized spacial score (nSPS) is 11.6. The summed E-state index contributed by atoms with van der Waals surface area (Å²) < 4.78 is 1.69. The maximum Gasteiger partial charge on any atom is 0.252 e. The van der Waals surface area contributed by atoms with Gasteiger partial charge in [-0.3, -0.25) is 4.79 Å². The monoisotopic (exact) mass is 329 g/mol. The van der Waals surface area contributed by atoms with Crippen LogP contribution < -0.4 is 5.32 Å². The van der Waals surface area contributed by atoms with Crippen molar-refractivity contribution in [3.8, 4) is 12.3 Å². The molecule has 1 unspecified atom stereocenters. The first-order valence-electron chi connectivity index (χ1n) is 4.26. The van der Waals surface area contributed by atoms with Crippen LogP contribution in [0.2, 0.25) is 0 Å². The van der Waals surface area contributed by atoms with E-state index in [1.807, 2.05) is 6.07 Å². The molecule has 1 aromatic carbocycles. The summed E-state index contributed by atoms with van der Waals surface area (Å²) >= 11 is 6.63. The minimum atomic E-state index is -0.268. The molecule has 0 fully saturated rings. The zero-order valence-electron chi connectivity index (χ0n) is 8.05. The van der Waals surface area contributed by atoms with Crippen LogP contribution in [0.1, 0.15) is 17.3 Å². The van der Waals surface area contributed by atoms with Crippen molar-refractivity contribution in [3.63, 3.8) is 0 Å². The van der Waals surface area contributed by atoms with E-state index in [2.05, 4.69) is 43.1 Å². The summed E-state index contributed by atoms with van der Waals surface area (Å²) in [5.41, 5.74) is 0.568. The fraction of sp³-hybridized carbons (Fsp3) is 0.182. The van der Waals surface area contributed by atoms with Crippen molar-refractivity contribution in [2.75, 3.05) is 0 Å². The molecule has 0 spiro atoms. The molecule has 0 saturated heterocycles. The van der Waals surface area contributed by atoms with Gasteiger partial charge in [0.25, 0.3) is 5.91 Å². The Kier molecular flexibility index (Phi) is 4.37. The van der Waals surface area contributed by atoms with Gasteiger partial charge in [0, 0.05) is 14.5 Å². The van der Waals surface area contributed by atoms with Crippen LogP contribution >= 0.6 is 31.9 Å². The van der Waals surface area contributed by atoms with Gasteiger partial charge in [0.1, 0.15) is 0 Å². The van der Waals surface area contributed by atoms with Gasteiger partial charge in [-0.05, 0) is 25.1 Å². The van der Waals surface area contributed by atoms with Gasteiger partial charge in [-0.25, -0.2) is 0 Å². The second-order valence-corrected chi connectivity index (χ2v) is 4.85. The molecule has 4 heteroatoms. The fourth-order valence-electron chi connectivity index (χ4n) is 1.01. The van der Waals surface area contributed by atoms with Crippen molar-refractivity contribution in [1.82, 2.24) is 5.32 Å². The number of halogens is 2. The minimum Gasteiger partial charge on any atom is -0.339 e.